The molecule has 1 N–H and O–H groups in total. The zero-order valence-electron chi connectivity index (χ0n) is 13.3. The van der Waals surface area contributed by atoms with Crippen molar-refractivity contribution in [2.75, 3.05) is 0 Å². The van der Waals surface area contributed by atoms with Crippen LogP contribution >= 0.6 is 0 Å². The van der Waals surface area contributed by atoms with Crippen molar-refractivity contribution < 1.29 is 14.6 Å². The van der Waals surface area contributed by atoms with Gasteiger partial charge in [-0.1, -0.05) is 49.4 Å². The Hall–Kier alpha value is -2.29. The Kier molecular flexibility index (Phi) is 4.65. The Bertz CT molecular complexity index is 648. The van der Waals surface area contributed by atoms with Gasteiger partial charge in [0, 0.05) is 0 Å². The smallest absolute Gasteiger partial charge is 0.306 e. The van der Waals surface area contributed by atoms with Gasteiger partial charge in [0.15, 0.2) is 0 Å². The largest absolute Gasteiger partial charge is 0.489 e. The molecule has 1 aliphatic carbocycles. The monoisotopic (exact) mass is 310 g/mol. The molecule has 1 saturated carbocycles. The first kappa shape index (κ1) is 15.6. The van der Waals surface area contributed by atoms with E-state index in [9.17, 15) is 4.79 Å². The summed E-state index contributed by atoms with van der Waals surface area (Å²) in [5, 5.41) is 9.01. The first-order valence-electron chi connectivity index (χ1n) is 8.12. The number of hydrogen-bond acceptors (Lipinski definition) is 2. The summed E-state index contributed by atoms with van der Waals surface area (Å²) in [7, 11) is 0. The van der Waals surface area contributed by atoms with Crippen molar-refractivity contribution in [2.24, 2.45) is 17.8 Å². The quantitative estimate of drug-likeness (QED) is 0.835. The summed E-state index contributed by atoms with van der Waals surface area (Å²) in [5.74, 6) is 0.832. The molecule has 1 aliphatic rings. The molecule has 3 rings (SSSR count). The van der Waals surface area contributed by atoms with Gasteiger partial charge in [-0.3, -0.25) is 4.79 Å². The van der Waals surface area contributed by atoms with Crippen molar-refractivity contribution in [1.29, 1.82) is 0 Å². The van der Waals surface area contributed by atoms with Crippen LogP contribution in [0.1, 0.15) is 24.5 Å². The highest BCUT2D eigenvalue weighted by Crippen LogP contribution is 2.45. The number of carboxylic acid groups (broad SMARTS) is 1. The van der Waals surface area contributed by atoms with Crippen LogP contribution in [-0.2, 0) is 17.8 Å². The Morgan fingerprint density at radius 2 is 1.83 bits per heavy atom. The van der Waals surface area contributed by atoms with Crippen LogP contribution in [0.25, 0.3) is 0 Å². The lowest BCUT2D eigenvalue weighted by molar-refractivity contribution is -0.139. The lowest BCUT2D eigenvalue weighted by atomic mass is 9.95. The average molecular weight is 310 g/mol. The van der Waals surface area contributed by atoms with E-state index < -0.39 is 5.97 Å². The number of hydrogen-bond donors (Lipinski definition) is 1. The fourth-order valence-corrected chi connectivity index (χ4v) is 3.11. The van der Waals surface area contributed by atoms with Gasteiger partial charge >= 0.3 is 5.97 Å². The molecule has 2 aromatic carbocycles. The van der Waals surface area contributed by atoms with Gasteiger partial charge in [0.05, 0.1) is 5.92 Å². The SMILES string of the molecule is CC(Cc1ccc(OCc2ccccc2)cc1)C1CC1C(=O)O. The number of carbonyl (C=O) groups is 1. The van der Waals surface area contributed by atoms with Crippen molar-refractivity contribution >= 4 is 5.97 Å². The summed E-state index contributed by atoms with van der Waals surface area (Å²) >= 11 is 0. The summed E-state index contributed by atoms with van der Waals surface area (Å²) in [4.78, 5) is 10.9. The van der Waals surface area contributed by atoms with Crippen molar-refractivity contribution in [2.45, 2.75) is 26.4 Å². The molecular formula is C20H22O3. The molecule has 3 heteroatoms. The molecule has 3 unspecified atom stereocenters. The molecule has 0 radical (unpaired) electrons. The third kappa shape index (κ3) is 4.13. The van der Waals surface area contributed by atoms with E-state index in [1.54, 1.807) is 0 Å². The molecule has 0 aliphatic heterocycles. The van der Waals surface area contributed by atoms with Gasteiger partial charge in [-0.05, 0) is 47.9 Å². The summed E-state index contributed by atoms with van der Waals surface area (Å²) < 4.78 is 5.78. The highest BCUT2D eigenvalue weighted by atomic mass is 16.5. The van der Waals surface area contributed by atoms with E-state index >= 15 is 0 Å². The van der Waals surface area contributed by atoms with Crippen LogP contribution in [0.15, 0.2) is 54.6 Å². The van der Waals surface area contributed by atoms with E-state index in [4.69, 9.17) is 9.84 Å². The van der Waals surface area contributed by atoms with E-state index in [1.807, 2.05) is 42.5 Å². The first-order chi connectivity index (χ1) is 11.1. The number of rotatable bonds is 7. The molecule has 2 aromatic rings. The predicted molar refractivity (Wildman–Crippen MR) is 89.3 cm³/mol. The number of benzene rings is 2. The van der Waals surface area contributed by atoms with Crippen molar-refractivity contribution in [1.82, 2.24) is 0 Å². The third-order valence-electron chi connectivity index (χ3n) is 4.62. The van der Waals surface area contributed by atoms with E-state index in [2.05, 4.69) is 19.1 Å². The van der Waals surface area contributed by atoms with E-state index in [-0.39, 0.29) is 5.92 Å². The molecule has 0 amide bonds. The number of carboxylic acids is 1. The predicted octanol–water partition coefficient (Wildman–Crippen LogP) is 4.16. The highest BCUT2D eigenvalue weighted by molar-refractivity contribution is 5.73. The maximum Gasteiger partial charge on any atom is 0.306 e. The summed E-state index contributed by atoms with van der Waals surface area (Å²) in [6, 6.07) is 18.2. The molecular weight excluding hydrogens is 288 g/mol. The third-order valence-corrected chi connectivity index (χ3v) is 4.62. The second-order valence-electron chi connectivity index (χ2n) is 6.44. The van der Waals surface area contributed by atoms with Gasteiger partial charge in [0.25, 0.3) is 0 Å². The Balaban J connectivity index is 1.50. The maximum atomic E-state index is 10.9. The van der Waals surface area contributed by atoms with Crippen molar-refractivity contribution in [3.63, 3.8) is 0 Å². The maximum absolute atomic E-state index is 10.9. The topological polar surface area (TPSA) is 46.5 Å². The molecule has 120 valence electrons. The number of ether oxygens (including phenoxy) is 1. The van der Waals surface area contributed by atoms with Gasteiger partial charge in [0.1, 0.15) is 12.4 Å². The zero-order chi connectivity index (χ0) is 16.2. The Labute approximate surface area is 136 Å². The number of aliphatic carboxylic acids is 1. The second-order valence-corrected chi connectivity index (χ2v) is 6.44. The molecule has 23 heavy (non-hydrogen) atoms. The molecule has 0 bridgehead atoms. The highest BCUT2D eigenvalue weighted by Gasteiger charge is 2.45. The second kappa shape index (κ2) is 6.86. The molecule has 0 heterocycles. The standard InChI is InChI=1S/C20H22O3/c1-14(18-12-19(18)20(21)22)11-15-7-9-17(10-8-15)23-13-16-5-3-2-4-6-16/h2-10,14,18-19H,11-13H2,1H3,(H,21,22). The Morgan fingerprint density at radius 3 is 2.43 bits per heavy atom. The van der Waals surface area contributed by atoms with Crippen LogP contribution in [0.3, 0.4) is 0 Å². The Morgan fingerprint density at radius 1 is 1.13 bits per heavy atom. The molecule has 0 spiro atoms. The minimum absolute atomic E-state index is 0.126. The van der Waals surface area contributed by atoms with Crippen LogP contribution in [0, 0.1) is 17.8 Å². The fourth-order valence-electron chi connectivity index (χ4n) is 3.11. The van der Waals surface area contributed by atoms with Crippen LogP contribution in [0.5, 0.6) is 5.75 Å². The molecule has 1 fully saturated rings. The summed E-state index contributed by atoms with van der Waals surface area (Å²) in [6.07, 6.45) is 1.75. The molecule has 0 saturated heterocycles. The van der Waals surface area contributed by atoms with Gasteiger partial charge in [0.2, 0.25) is 0 Å². The molecule has 3 atom stereocenters. The lowest BCUT2D eigenvalue weighted by Crippen LogP contribution is -2.08. The minimum Gasteiger partial charge on any atom is -0.489 e. The molecule has 0 aromatic heterocycles. The van der Waals surface area contributed by atoms with E-state index in [0.29, 0.717) is 18.4 Å². The normalized spacial score (nSPS) is 20.7. The summed E-state index contributed by atoms with van der Waals surface area (Å²) in [5.41, 5.74) is 2.39. The van der Waals surface area contributed by atoms with Gasteiger partial charge in [-0.2, -0.15) is 0 Å². The lowest BCUT2D eigenvalue weighted by Gasteiger charge is -2.11. The van der Waals surface area contributed by atoms with Crippen LogP contribution < -0.4 is 4.74 Å². The average Bonchev–Trinajstić information content (AvgIpc) is 3.36. The van der Waals surface area contributed by atoms with Crippen LogP contribution in [-0.4, -0.2) is 11.1 Å². The fraction of sp³-hybridized carbons (Fsp3) is 0.350. The zero-order valence-corrected chi connectivity index (χ0v) is 13.3. The minimum atomic E-state index is -0.647. The van der Waals surface area contributed by atoms with Crippen molar-refractivity contribution in [3.05, 3.63) is 65.7 Å². The van der Waals surface area contributed by atoms with Gasteiger partial charge in [-0.15, -0.1) is 0 Å². The first-order valence-corrected chi connectivity index (χ1v) is 8.12. The van der Waals surface area contributed by atoms with Crippen LogP contribution in [0.4, 0.5) is 0 Å². The summed E-state index contributed by atoms with van der Waals surface area (Å²) in [6.45, 7) is 2.71. The van der Waals surface area contributed by atoms with Crippen LogP contribution in [0.2, 0.25) is 0 Å². The van der Waals surface area contributed by atoms with E-state index in [1.165, 1.54) is 5.56 Å². The molecule has 3 nitrogen and oxygen atoms in total. The van der Waals surface area contributed by atoms with E-state index in [0.717, 1.165) is 24.2 Å². The van der Waals surface area contributed by atoms with Gasteiger partial charge in [-0.25, -0.2) is 0 Å². The van der Waals surface area contributed by atoms with Crippen molar-refractivity contribution in [3.8, 4) is 5.75 Å². The van der Waals surface area contributed by atoms with Gasteiger partial charge < -0.3 is 9.84 Å².